The van der Waals surface area contributed by atoms with Gasteiger partial charge in [0.2, 0.25) is 0 Å². The van der Waals surface area contributed by atoms with Crippen molar-refractivity contribution in [3.63, 3.8) is 0 Å². The topological polar surface area (TPSA) is 67.4 Å². The first kappa shape index (κ1) is 19.2. The molecular formula is C25H23FN4O2. The van der Waals surface area contributed by atoms with E-state index < -0.39 is 6.10 Å². The lowest BCUT2D eigenvalue weighted by Gasteiger charge is -2.33. The van der Waals surface area contributed by atoms with E-state index in [0.717, 1.165) is 53.0 Å². The van der Waals surface area contributed by atoms with Crippen LogP contribution in [0.3, 0.4) is 0 Å². The molecule has 0 spiro atoms. The molecule has 6 nitrogen and oxygen atoms in total. The van der Waals surface area contributed by atoms with Crippen LogP contribution in [0.5, 0.6) is 5.75 Å². The monoisotopic (exact) mass is 430 g/mol. The molecule has 6 rings (SSSR count). The molecule has 32 heavy (non-hydrogen) atoms. The third-order valence-electron chi connectivity index (χ3n) is 6.56. The van der Waals surface area contributed by atoms with E-state index in [2.05, 4.69) is 21.4 Å². The summed E-state index contributed by atoms with van der Waals surface area (Å²) in [6.45, 7) is 2.48. The van der Waals surface area contributed by atoms with Gasteiger partial charge in [-0.2, -0.15) is 0 Å². The lowest BCUT2D eigenvalue weighted by molar-refractivity contribution is 0.167. The number of rotatable bonds is 3. The molecule has 2 aromatic heterocycles. The minimum atomic E-state index is -0.444. The van der Waals surface area contributed by atoms with Gasteiger partial charge in [-0.25, -0.2) is 9.18 Å². The molecule has 1 unspecified atom stereocenters. The number of carbonyl (C=O) groups excluding carboxylic acids is 1. The standard InChI is InChI=1S/C25H23FN4O2/c1-14-11-16-6-7-21(24-18(26)3-2-9-27-24)32-22(16)12-20(14)30-13-17-19(29-25(30)31)8-10-28-23(17)15-4-5-15/h2-3,8-12,15,21H,4-7,13H2,1H3,(H,29,31). The lowest BCUT2D eigenvalue weighted by atomic mass is 9.96. The zero-order valence-corrected chi connectivity index (χ0v) is 17.8. The van der Waals surface area contributed by atoms with Gasteiger partial charge in [0.25, 0.3) is 0 Å². The van der Waals surface area contributed by atoms with Crippen LogP contribution >= 0.6 is 0 Å². The highest BCUT2D eigenvalue weighted by Crippen LogP contribution is 2.44. The summed E-state index contributed by atoms with van der Waals surface area (Å²) in [5, 5.41) is 3.03. The fourth-order valence-corrected chi connectivity index (χ4v) is 4.77. The molecule has 2 amide bonds. The van der Waals surface area contributed by atoms with E-state index in [0.29, 0.717) is 30.3 Å². The Kier molecular flexibility index (Phi) is 4.38. The minimum absolute atomic E-state index is 0.170. The Morgan fingerprint density at radius 3 is 2.78 bits per heavy atom. The average molecular weight is 430 g/mol. The van der Waals surface area contributed by atoms with Crippen LogP contribution in [0.4, 0.5) is 20.6 Å². The van der Waals surface area contributed by atoms with Crippen molar-refractivity contribution >= 4 is 17.4 Å². The SMILES string of the molecule is Cc1cc2c(cc1N1Cc3c(ccnc3C3CC3)NC1=O)OC(c1ncccc1F)CC2. The predicted octanol–water partition coefficient (Wildman–Crippen LogP) is 5.42. The van der Waals surface area contributed by atoms with Gasteiger partial charge in [-0.05, 0) is 61.9 Å². The van der Waals surface area contributed by atoms with Crippen LogP contribution < -0.4 is 15.0 Å². The van der Waals surface area contributed by atoms with Crippen LogP contribution in [0, 0.1) is 12.7 Å². The number of fused-ring (bicyclic) bond motifs is 2. The average Bonchev–Trinajstić information content (AvgIpc) is 3.63. The van der Waals surface area contributed by atoms with Gasteiger partial charge in [0, 0.05) is 29.9 Å². The summed E-state index contributed by atoms with van der Waals surface area (Å²) in [5.74, 6) is 0.809. The number of urea groups is 1. The molecule has 2 aliphatic heterocycles. The number of anilines is 2. The van der Waals surface area contributed by atoms with Gasteiger partial charge >= 0.3 is 6.03 Å². The lowest BCUT2D eigenvalue weighted by Crippen LogP contribution is -2.39. The zero-order chi connectivity index (χ0) is 21.8. The molecule has 1 saturated carbocycles. The summed E-state index contributed by atoms with van der Waals surface area (Å²) < 4.78 is 20.5. The number of aromatic nitrogens is 2. The Labute approximate surface area is 185 Å². The zero-order valence-electron chi connectivity index (χ0n) is 17.8. The number of nitrogens with zero attached hydrogens (tertiary/aromatic N) is 3. The Morgan fingerprint density at radius 1 is 1.12 bits per heavy atom. The van der Waals surface area contributed by atoms with E-state index in [9.17, 15) is 9.18 Å². The first-order chi connectivity index (χ1) is 15.6. The Balaban J connectivity index is 1.35. The highest BCUT2D eigenvalue weighted by molar-refractivity contribution is 6.05. The number of carbonyl (C=O) groups is 1. The molecule has 1 N–H and O–H groups in total. The van der Waals surface area contributed by atoms with E-state index in [-0.39, 0.29) is 11.8 Å². The quantitative estimate of drug-likeness (QED) is 0.603. The third kappa shape index (κ3) is 3.20. The number of aryl methyl sites for hydroxylation is 2. The van der Waals surface area contributed by atoms with Crippen molar-refractivity contribution in [1.29, 1.82) is 0 Å². The summed E-state index contributed by atoms with van der Waals surface area (Å²) >= 11 is 0. The molecule has 0 bridgehead atoms. The van der Waals surface area contributed by atoms with Gasteiger partial charge in [0.15, 0.2) is 0 Å². The summed E-state index contributed by atoms with van der Waals surface area (Å²) in [7, 11) is 0. The van der Waals surface area contributed by atoms with Crippen molar-refractivity contribution in [2.75, 3.05) is 10.2 Å². The Bertz CT molecular complexity index is 1240. The van der Waals surface area contributed by atoms with Crippen molar-refractivity contribution < 1.29 is 13.9 Å². The highest BCUT2D eigenvalue weighted by atomic mass is 19.1. The van der Waals surface area contributed by atoms with E-state index in [4.69, 9.17) is 4.74 Å². The second-order valence-electron chi connectivity index (χ2n) is 8.77. The van der Waals surface area contributed by atoms with Gasteiger partial charge < -0.3 is 10.1 Å². The number of ether oxygens (including phenoxy) is 1. The van der Waals surface area contributed by atoms with Crippen molar-refractivity contribution in [3.05, 3.63) is 76.6 Å². The number of amides is 2. The molecule has 1 aliphatic carbocycles. The van der Waals surface area contributed by atoms with Crippen LogP contribution in [-0.4, -0.2) is 16.0 Å². The summed E-state index contributed by atoms with van der Waals surface area (Å²) in [5.41, 5.74) is 6.21. The molecule has 0 radical (unpaired) electrons. The minimum Gasteiger partial charge on any atom is -0.484 e. The Hall–Kier alpha value is -3.48. The molecule has 3 aliphatic rings. The number of nitrogens with one attached hydrogen (secondary N) is 1. The number of hydrogen-bond acceptors (Lipinski definition) is 4. The number of benzene rings is 1. The van der Waals surface area contributed by atoms with Gasteiger partial charge in [-0.3, -0.25) is 14.9 Å². The molecule has 0 saturated heterocycles. The van der Waals surface area contributed by atoms with Crippen molar-refractivity contribution in [1.82, 2.24) is 9.97 Å². The predicted molar refractivity (Wildman–Crippen MR) is 118 cm³/mol. The molecule has 7 heteroatoms. The fourth-order valence-electron chi connectivity index (χ4n) is 4.77. The van der Waals surface area contributed by atoms with E-state index in [1.807, 2.05) is 19.1 Å². The molecule has 1 atom stereocenters. The number of pyridine rings is 2. The van der Waals surface area contributed by atoms with E-state index in [1.54, 1.807) is 23.4 Å². The summed E-state index contributed by atoms with van der Waals surface area (Å²) in [6, 6.07) is 8.67. The van der Waals surface area contributed by atoms with Crippen LogP contribution in [0.1, 0.15) is 59.4 Å². The largest absolute Gasteiger partial charge is 0.484 e. The number of halogens is 1. The summed E-state index contributed by atoms with van der Waals surface area (Å²) in [6.07, 6.45) is 6.63. The second kappa shape index (κ2) is 7.29. The number of hydrogen-bond donors (Lipinski definition) is 1. The van der Waals surface area contributed by atoms with Gasteiger partial charge in [-0.1, -0.05) is 6.07 Å². The van der Waals surface area contributed by atoms with Crippen LogP contribution in [0.2, 0.25) is 0 Å². The van der Waals surface area contributed by atoms with Crippen LogP contribution in [0.15, 0.2) is 42.7 Å². The molecule has 1 aromatic carbocycles. The maximum atomic E-state index is 14.3. The van der Waals surface area contributed by atoms with Crippen molar-refractivity contribution in [2.24, 2.45) is 0 Å². The highest BCUT2D eigenvalue weighted by Gasteiger charge is 2.34. The molecule has 3 aromatic rings. The molecular weight excluding hydrogens is 407 g/mol. The first-order valence-electron chi connectivity index (χ1n) is 11.1. The first-order valence-corrected chi connectivity index (χ1v) is 11.1. The third-order valence-corrected chi connectivity index (χ3v) is 6.56. The molecule has 4 heterocycles. The van der Waals surface area contributed by atoms with Crippen LogP contribution in [-0.2, 0) is 13.0 Å². The van der Waals surface area contributed by atoms with Gasteiger partial charge in [0.1, 0.15) is 23.4 Å². The maximum Gasteiger partial charge on any atom is 0.326 e. The Morgan fingerprint density at radius 2 is 1.97 bits per heavy atom. The summed E-state index contributed by atoms with van der Waals surface area (Å²) in [4.78, 5) is 23.5. The normalized spacial score (nSPS) is 19.6. The molecule has 1 fully saturated rings. The fraction of sp³-hybridized carbons (Fsp3) is 0.320. The smallest absolute Gasteiger partial charge is 0.326 e. The van der Waals surface area contributed by atoms with Crippen molar-refractivity contribution in [2.45, 2.75) is 51.2 Å². The van der Waals surface area contributed by atoms with E-state index in [1.165, 1.54) is 6.07 Å². The van der Waals surface area contributed by atoms with Crippen molar-refractivity contribution in [3.8, 4) is 5.75 Å². The van der Waals surface area contributed by atoms with Crippen LogP contribution in [0.25, 0.3) is 0 Å². The second-order valence-corrected chi connectivity index (χ2v) is 8.77. The maximum absolute atomic E-state index is 14.3. The van der Waals surface area contributed by atoms with Gasteiger partial charge in [-0.15, -0.1) is 0 Å². The van der Waals surface area contributed by atoms with Gasteiger partial charge in [0.05, 0.1) is 23.6 Å². The molecule has 162 valence electrons. The van der Waals surface area contributed by atoms with E-state index >= 15 is 0 Å².